The highest BCUT2D eigenvalue weighted by molar-refractivity contribution is 6.30. The van der Waals surface area contributed by atoms with Crippen LogP contribution in [-0.4, -0.2) is 31.1 Å². The van der Waals surface area contributed by atoms with Crippen LogP contribution in [-0.2, 0) is 0 Å². The molecule has 0 heterocycles. The molecule has 21 heavy (non-hydrogen) atoms. The van der Waals surface area contributed by atoms with Crippen LogP contribution in [0.4, 0.5) is 0 Å². The van der Waals surface area contributed by atoms with E-state index in [0.29, 0.717) is 6.04 Å². The van der Waals surface area contributed by atoms with E-state index in [1.807, 2.05) is 12.1 Å². The molecule has 0 bridgehead atoms. The molecule has 0 aliphatic rings. The number of halogens is 1. The summed E-state index contributed by atoms with van der Waals surface area (Å²) >= 11 is 6.00. The summed E-state index contributed by atoms with van der Waals surface area (Å²) in [5.74, 6) is 0. The summed E-state index contributed by atoms with van der Waals surface area (Å²) in [4.78, 5) is 2.56. The summed E-state index contributed by atoms with van der Waals surface area (Å²) in [5, 5.41) is 4.48. The Balaban J connectivity index is 2.58. The van der Waals surface area contributed by atoms with Gasteiger partial charge in [-0.25, -0.2) is 0 Å². The summed E-state index contributed by atoms with van der Waals surface area (Å²) in [6, 6.07) is 8.71. The molecule has 0 saturated heterocycles. The van der Waals surface area contributed by atoms with Crippen molar-refractivity contribution in [2.45, 2.75) is 52.5 Å². The highest BCUT2D eigenvalue weighted by Crippen LogP contribution is 2.20. The number of rotatable bonds is 11. The highest BCUT2D eigenvalue weighted by atomic mass is 35.5. The van der Waals surface area contributed by atoms with Gasteiger partial charge in [0.15, 0.2) is 0 Å². The second kappa shape index (κ2) is 11.1. The lowest BCUT2D eigenvalue weighted by Gasteiger charge is -2.25. The highest BCUT2D eigenvalue weighted by Gasteiger charge is 2.12. The van der Waals surface area contributed by atoms with Crippen molar-refractivity contribution in [1.29, 1.82) is 0 Å². The Morgan fingerprint density at radius 3 is 2.33 bits per heavy atom. The Bertz CT molecular complexity index is 364. The molecule has 0 saturated carbocycles. The maximum atomic E-state index is 6.00. The SMILES string of the molecule is CCCCN(CC)CCC(NCCC)c1ccc(Cl)cc1. The van der Waals surface area contributed by atoms with Gasteiger partial charge in [0.2, 0.25) is 0 Å². The number of hydrogen-bond donors (Lipinski definition) is 1. The molecule has 2 nitrogen and oxygen atoms in total. The maximum absolute atomic E-state index is 6.00. The first kappa shape index (κ1) is 18.5. The van der Waals surface area contributed by atoms with Crippen molar-refractivity contribution < 1.29 is 0 Å². The lowest BCUT2D eigenvalue weighted by molar-refractivity contribution is 0.265. The topological polar surface area (TPSA) is 15.3 Å². The Morgan fingerprint density at radius 2 is 1.76 bits per heavy atom. The molecule has 1 atom stereocenters. The molecular weight excluding hydrogens is 280 g/mol. The molecule has 0 fully saturated rings. The number of unbranched alkanes of at least 4 members (excludes halogenated alkanes) is 1. The second-order valence-corrected chi connectivity index (χ2v) is 6.07. The van der Waals surface area contributed by atoms with Crippen LogP contribution in [0.5, 0.6) is 0 Å². The van der Waals surface area contributed by atoms with Crippen molar-refractivity contribution in [3.05, 3.63) is 34.9 Å². The lowest BCUT2D eigenvalue weighted by atomic mass is 10.0. The van der Waals surface area contributed by atoms with Gasteiger partial charge in [-0.2, -0.15) is 0 Å². The van der Waals surface area contributed by atoms with E-state index in [1.165, 1.54) is 24.9 Å². The van der Waals surface area contributed by atoms with Gasteiger partial charge in [-0.3, -0.25) is 0 Å². The summed E-state index contributed by atoms with van der Waals surface area (Å²) < 4.78 is 0. The average Bonchev–Trinajstić information content (AvgIpc) is 2.51. The molecule has 1 unspecified atom stereocenters. The van der Waals surface area contributed by atoms with E-state index in [-0.39, 0.29) is 0 Å². The standard InChI is InChI=1S/C18H31ClN2/c1-4-7-14-21(6-3)15-12-18(20-13-5-2)16-8-10-17(19)11-9-16/h8-11,18,20H,4-7,12-15H2,1-3H3. The fraction of sp³-hybridized carbons (Fsp3) is 0.667. The predicted octanol–water partition coefficient (Wildman–Crippen LogP) is 4.89. The molecule has 0 aromatic heterocycles. The van der Waals surface area contributed by atoms with Crippen LogP contribution in [0.2, 0.25) is 5.02 Å². The number of nitrogens with one attached hydrogen (secondary N) is 1. The van der Waals surface area contributed by atoms with E-state index in [0.717, 1.165) is 37.5 Å². The average molecular weight is 311 g/mol. The van der Waals surface area contributed by atoms with E-state index < -0.39 is 0 Å². The predicted molar refractivity (Wildman–Crippen MR) is 94.1 cm³/mol. The van der Waals surface area contributed by atoms with Crippen LogP contribution >= 0.6 is 11.6 Å². The van der Waals surface area contributed by atoms with Gasteiger partial charge < -0.3 is 10.2 Å². The van der Waals surface area contributed by atoms with Crippen LogP contribution < -0.4 is 5.32 Å². The van der Waals surface area contributed by atoms with Crippen molar-refractivity contribution in [3.63, 3.8) is 0 Å². The van der Waals surface area contributed by atoms with Crippen molar-refractivity contribution in [3.8, 4) is 0 Å². The minimum absolute atomic E-state index is 0.429. The largest absolute Gasteiger partial charge is 0.310 e. The number of hydrogen-bond acceptors (Lipinski definition) is 2. The third-order valence-corrected chi connectivity index (χ3v) is 4.17. The first-order valence-corrected chi connectivity index (χ1v) is 8.80. The van der Waals surface area contributed by atoms with Crippen LogP contribution in [0.3, 0.4) is 0 Å². The zero-order chi connectivity index (χ0) is 15.5. The van der Waals surface area contributed by atoms with Crippen molar-refractivity contribution in [2.75, 3.05) is 26.2 Å². The molecule has 0 spiro atoms. The third kappa shape index (κ3) is 7.30. The molecule has 3 heteroatoms. The number of benzene rings is 1. The normalized spacial score (nSPS) is 12.8. The second-order valence-electron chi connectivity index (χ2n) is 5.63. The zero-order valence-corrected chi connectivity index (χ0v) is 14.6. The van der Waals surface area contributed by atoms with Gasteiger partial charge in [0, 0.05) is 11.1 Å². The Kier molecular flexibility index (Phi) is 9.73. The Hall–Kier alpha value is -0.570. The van der Waals surface area contributed by atoms with E-state index >= 15 is 0 Å². The quantitative estimate of drug-likeness (QED) is 0.626. The van der Waals surface area contributed by atoms with E-state index in [9.17, 15) is 0 Å². The Labute approximate surface area is 135 Å². The first-order valence-electron chi connectivity index (χ1n) is 8.42. The van der Waals surface area contributed by atoms with Gasteiger partial charge in [0.25, 0.3) is 0 Å². The van der Waals surface area contributed by atoms with Gasteiger partial charge in [-0.1, -0.05) is 50.9 Å². The van der Waals surface area contributed by atoms with E-state index in [4.69, 9.17) is 11.6 Å². The smallest absolute Gasteiger partial charge is 0.0406 e. The first-order chi connectivity index (χ1) is 10.2. The van der Waals surface area contributed by atoms with Gasteiger partial charge in [-0.15, -0.1) is 0 Å². The molecular formula is C18H31ClN2. The van der Waals surface area contributed by atoms with E-state index in [2.05, 4.69) is 43.1 Å². The van der Waals surface area contributed by atoms with Gasteiger partial charge in [0.1, 0.15) is 0 Å². The minimum atomic E-state index is 0.429. The molecule has 0 aliphatic carbocycles. The van der Waals surface area contributed by atoms with Crippen LogP contribution in [0.1, 0.15) is 58.1 Å². The third-order valence-electron chi connectivity index (χ3n) is 3.92. The van der Waals surface area contributed by atoms with Gasteiger partial charge in [-0.05, 0) is 63.1 Å². The van der Waals surface area contributed by atoms with Gasteiger partial charge >= 0.3 is 0 Å². The molecule has 0 amide bonds. The van der Waals surface area contributed by atoms with E-state index in [1.54, 1.807) is 0 Å². The monoisotopic (exact) mass is 310 g/mol. The maximum Gasteiger partial charge on any atom is 0.0406 e. The summed E-state index contributed by atoms with van der Waals surface area (Å²) in [6.45, 7) is 11.3. The molecule has 0 radical (unpaired) electrons. The molecule has 1 aromatic rings. The van der Waals surface area contributed by atoms with Crippen LogP contribution in [0.25, 0.3) is 0 Å². The van der Waals surface area contributed by atoms with Crippen LogP contribution in [0.15, 0.2) is 24.3 Å². The van der Waals surface area contributed by atoms with Crippen molar-refractivity contribution in [2.24, 2.45) is 0 Å². The van der Waals surface area contributed by atoms with Crippen molar-refractivity contribution in [1.82, 2.24) is 10.2 Å². The van der Waals surface area contributed by atoms with Gasteiger partial charge in [0.05, 0.1) is 0 Å². The summed E-state index contributed by atoms with van der Waals surface area (Å²) in [6.07, 6.45) is 4.88. The fourth-order valence-electron chi connectivity index (χ4n) is 2.52. The van der Waals surface area contributed by atoms with Crippen LogP contribution in [0, 0.1) is 0 Å². The fourth-order valence-corrected chi connectivity index (χ4v) is 2.65. The lowest BCUT2D eigenvalue weighted by Crippen LogP contribution is -2.30. The molecule has 0 aliphatic heterocycles. The molecule has 1 aromatic carbocycles. The van der Waals surface area contributed by atoms with Crippen molar-refractivity contribution >= 4 is 11.6 Å². The zero-order valence-electron chi connectivity index (χ0n) is 13.9. The molecule has 1 N–H and O–H groups in total. The molecule has 120 valence electrons. The summed E-state index contributed by atoms with van der Waals surface area (Å²) in [5.41, 5.74) is 1.35. The minimum Gasteiger partial charge on any atom is -0.310 e. The summed E-state index contributed by atoms with van der Waals surface area (Å²) in [7, 11) is 0. The number of nitrogens with zero attached hydrogens (tertiary/aromatic N) is 1. The molecule has 1 rings (SSSR count). The Morgan fingerprint density at radius 1 is 1.05 bits per heavy atom.